The van der Waals surface area contributed by atoms with Crippen molar-refractivity contribution in [2.24, 2.45) is 0 Å². The lowest BCUT2D eigenvalue weighted by atomic mass is 10.0. The van der Waals surface area contributed by atoms with Gasteiger partial charge in [0, 0.05) is 5.69 Å². The van der Waals surface area contributed by atoms with Crippen LogP contribution in [0.4, 0.5) is 18.9 Å². The number of aromatic nitrogens is 3. The molecule has 10 heteroatoms. The number of amides is 1. The third-order valence-corrected chi connectivity index (χ3v) is 4.46. The van der Waals surface area contributed by atoms with Gasteiger partial charge >= 0.3 is 6.18 Å². The van der Waals surface area contributed by atoms with Crippen molar-refractivity contribution in [1.29, 1.82) is 0 Å². The summed E-state index contributed by atoms with van der Waals surface area (Å²) in [6.07, 6.45) is -3.19. The Morgan fingerprint density at radius 3 is 2.32 bits per heavy atom. The Kier molecular flexibility index (Phi) is 5.93. The summed E-state index contributed by atoms with van der Waals surface area (Å²) in [5.74, 6) is 3.55. The number of alkyl halides is 3. The molecule has 0 bridgehead atoms. The topological polar surface area (TPSA) is 85.8 Å². The smallest absolute Gasteiger partial charge is 0.335 e. The molecule has 2 aromatic rings. The molecule has 0 atom stereocenters. The van der Waals surface area contributed by atoms with Crippen LogP contribution in [-0.2, 0) is 23.8 Å². The molecule has 0 saturated carbocycles. The Bertz CT molecular complexity index is 738. The second-order valence-corrected chi connectivity index (χ2v) is 6.11. The van der Waals surface area contributed by atoms with Gasteiger partial charge in [-0.3, -0.25) is 4.79 Å². The Labute approximate surface area is 147 Å². The Morgan fingerprint density at radius 1 is 1.24 bits per heavy atom. The number of thioether (sulfide) groups is 1. The third-order valence-electron chi connectivity index (χ3n) is 3.51. The van der Waals surface area contributed by atoms with Crippen molar-refractivity contribution in [2.75, 3.05) is 16.9 Å². The quantitative estimate of drug-likeness (QED) is 0.601. The highest BCUT2D eigenvalue weighted by Gasteiger charge is 2.38. The van der Waals surface area contributed by atoms with E-state index in [1.807, 2.05) is 32.0 Å². The van der Waals surface area contributed by atoms with Gasteiger partial charge in [-0.25, -0.2) is 4.68 Å². The van der Waals surface area contributed by atoms with Crippen LogP contribution in [0.25, 0.3) is 0 Å². The molecular weight excluding hydrogens is 355 g/mol. The largest absolute Gasteiger partial charge is 0.453 e. The van der Waals surface area contributed by atoms with Crippen LogP contribution in [-0.4, -0.2) is 26.5 Å². The number of benzene rings is 1. The second kappa shape index (κ2) is 7.77. The first kappa shape index (κ1) is 19.1. The lowest BCUT2D eigenvalue weighted by Gasteiger charge is -2.14. The summed E-state index contributed by atoms with van der Waals surface area (Å²) in [7, 11) is 0. The molecule has 0 aliphatic rings. The zero-order valence-electron chi connectivity index (χ0n) is 13.7. The number of nitrogen functional groups attached to an aromatic ring is 1. The highest BCUT2D eigenvalue weighted by molar-refractivity contribution is 7.99. The summed E-state index contributed by atoms with van der Waals surface area (Å²) in [5.41, 5.74) is 2.75. The molecule has 3 N–H and O–H groups in total. The SMILES string of the molecule is CCc1cccc(CC)c1NC(=O)CSc1nnc(C(F)(F)F)n1N. The number of nitrogens with one attached hydrogen (secondary N) is 1. The van der Waals surface area contributed by atoms with Crippen LogP contribution in [0, 0.1) is 0 Å². The minimum atomic E-state index is -4.70. The van der Waals surface area contributed by atoms with E-state index >= 15 is 0 Å². The summed E-state index contributed by atoms with van der Waals surface area (Å²) >= 11 is 0.791. The van der Waals surface area contributed by atoms with Crippen molar-refractivity contribution in [2.45, 2.75) is 38.0 Å². The van der Waals surface area contributed by atoms with Crippen molar-refractivity contribution in [1.82, 2.24) is 14.9 Å². The van der Waals surface area contributed by atoms with Gasteiger partial charge in [-0.2, -0.15) is 13.2 Å². The van der Waals surface area contributed by atoms with Gasteiger partial charge in [0.25, 0.3) is 5.82 Å². The average Bonchev–Trinajstić information content (AvgIpc) is 2.94. The molecule has 25 heavy (non-hydrogen) atoms. The maximum Gasteiger partial charge on any atom is 0.453 e. The van der Waals surface area contributed by atoms with Crippen LogP contribution in [0.3, 0.4) is 0 Å². The van der Waals surface area contributed by atoms with Crippen molar-refractivity contribution < 1.29 is 18.0 Å². The molecule has 1 aromatic carbocycles. The van der Waals surface area contributed by atoms with Crippen LogP contribution in [0.2, 0.25) is 0 Å². The normalized spacial score (nSPS) is 11.6. The predicted molar refractivity (Wildman–Crippen MR) is 89.7 cm³/mol. The van der Waals surface area contributed by atoms with E-state index in [0.717, 1.165) is 41.4 Å². The van der Waals surface area contributed by atoms with E-state index < -0.39 is 12.0 Å². The average molecular weight is 373 g/mol. The lowest BCUT2D eigenvalue weighted by molar-refractivity contribution is -0.146. The van der Waals surface area contributed by atoms with Crippen LogP contribution in [0.5, 0.6) is 0 Å². The monoisotopic (exact) mass is 373 g/mol. The summed E-state index contributed by atoms with van der Waals surface area (Å²) in [4.78, 5) is 12.2. The molecule has 0 aliphatic carbocycles. The van der Waals surface area contributed by atoms with E-state index in [-0.39, 0.29) is 16.8 Å². The van der Waals surface area contributed by atoms with Crippen molar-refractivity contribution >= 4 is 23.4 Å². The van der Waals surface area contributed by atoms with Crippen molar-refractivity contribution in [3.63, 3.8) is 0 Å². The number of nitrogens with two attached hydrogens (primary N) is 1. The van der Waals surface area contributed by atoms with Gasteiger partial charge in [-0.15, -0.1) is 10.2 Å². The van der Waals surface area contributed by atoms with Gasteiger partial charge in [-0.1, -0.05) is 43.8 Å². The number of anilines is 1. The Hall–Kier alpha value is -2.23. The lowest BCUT2D eigenvalue weighted by Crippen LogP contribution is -2.22. The van der Waals surface area contributed by atoms with Crippen LogP contribution >= 0.6 is 11.8 Å². The molecule has 0 saturated heterocycles. The maximum atomic E-state index is 12.6. The number of carbonyl (C=O) groups excluding carboxylic acids is 1. The van der Waals surface area contributed by atoms with E-state index in [2.05, 4.69) is 15.5 Å². The van der Waals surface area contributed by atoms with Gasteiger partial charge in [0.2, 0.25) is 11.1 Å². The molecule has 2 rings (SSSR count). The number of para-hydroxylation sites is 1. The fraction of sp³-hybridized carbons (Fsp3) is 0.400. The number of rotatable bonds is 6. The zero-order chi connectivity index (χ0) is 18.6. The number of nitrogens with zero attached hydrogens (tertiary/aromatic N) is 3. The van der Waals surface area contributed by atoms with Gasteiger partial charge in [-0.05, 0) is 24.0 Å². The predicted octanol–water partition coefficient (Wildman–Crippen LogP) is 2.87. The minimum absolute atomic E-state index is 0.131. The molecular formula is C15H18F3N5OS. The molecule has 0 fully saturated rings. The van der Waals surface area contributed by atoms with E-state index in [1.165, 1.54) is 0 Å². The number of carbonyl (C=O) groups is 1. The maximum absolute atomic E-state index is 12.6. The van der Waals surface area contributed by atoms with E-state index in [1.54, 1.807) is 0 Å². The summed E-state index contributed by atoms with van der Waals surface area (Å²) in [5, 5.41) is 9.04. The summed E-state index contributed by atoms with van der Waals surface area (Å²) in [6.45, 7) is 3.96. The fourth-order valence-corrected chi connectivity index (χ4v) is 2.93. The standard InChI is InChI=1S/C15H18F3N5OS/c1-3-9-6-5-7-10(4-2)12(9)20-11(24)8-25-14-22-21-13(23(14)19)15(16,17)18/h5-7H,3-4,8,19H2,1-2H3,(H,20,24). The van der Waals surface area contributed by atoms with Gasteiger partial charge in [0.15, 0.2) is 0 Å². The number of hydrogen-bond acceptors (Lipinski definition) is 5. The highest BCUT2D eigenvalue weighted by Crippen LogP contribution is 2.29. The van der Waals surface area contributed by atoms with Gasteiger partial charge in [0.1, 0.15) is 0 Å². The molecule has 1 amide bonds. The first-order valence-electron chi connectivity index (χ1n) is 7.59. The first-order valence-corrected chi connectivity index (χ1v) is 8.57. The van der Waals surface area contributed by atoms with Crippen molar-refractivity contribution in [3.05, 3.63) is 35.2 Å². The summed E-state index contributed by atoms with van der Waals surface area (Å²) in [6, 6.07) is 5.78. The second-order valence-electron chi connectivity index (χ2n) is 5.17. The summed E-state index contributed by atoms with van der Waals surface area (Å²) < 4.78 is 38.2. The molecule has 0 radical (unpaired) electrons. The molecule has 1 heterocycles. The van der Waals surface area contributed by atoms with Crippen LogP contribution in [0.15, 0.2) is 23.4 Å². The van der Waals surface area contributed by atoms with Crippen molar-refractivity contribution in [3.8, 4) is 0 Å². The molecule has 0 spiro atoms. The van der Waals surface area contributed by atoms with Crippen LogP contribution < -0.4 is 11.2 Å². The molecule has 136 valence electrons. The zero-order valence-corrected chi connectivity index (χ0v) is 14.5. The van der Waals surface area contributed by atoms with Crippen LogP contribution in [0.1, 0.15) is 30.8 Å². The van der Waals surface area contributed by atoms with E-state index in [4.69, 9.17) is 5.84 Å². The van der Waals surface area contributed by atoms with Gasteiger partial charge < -0.3 is 11.2 Å². The van der Waals surface area contributed by atoms with Gasteiger partial charge in [0.05, 0.1) is 5.75 Å². The number of aryl methyl sites for hydroxylation is 2. The number of hydrogen-bond donors (Lipinski definition) is 2. The van der Waals surface area contributed by atoms with E-state index in [9.17, 15) is 18.0 Å². The minimum Gasteiger partial charge on any atom is -0.335 e. The van der Waals surface area contributed by atoms with E-state index in [0.29, 0.717) is 4.68 Å². The third kappa shape index (κ3) is 4.44. The molecule has 0 aliphatic heterocycles. The molecule has 1 aromatic heterocycles. The molecule has 0 unspecified atom stereocenters. The first-order chi connectivity index (χ1) is 11.8. The number of halogens is 3. The highest BCUT2D eigenvalue weighted by atomic mass is 32.2. The molecule has 6 nitrogen and oxygen atoms in total. The Morgan fingerprint density at radius 2 is 1.84 bits per heavy atom. The Balaban J connectivity index is 2.07. The fourth-order valence-electron chi connectivity index (χ4n) is 2.28.